The number of carboxylic acid groups (broad SMARTS) is 1. The number of aryl methyl sites for hydroxylation is 2. The van der Waals surface area contributed by atoms with Gasteiger partial charge in [0, 0.05) is 24.3 Å². The lowest BCUT2D eigenvalue weighted by Gasteiger charge is -2.37. The minimum atomic E-state index is -1.12. The summed E-state index contributed by atoms with van der Waals surface area (Å²) in [4.78, 5) is 41.1. The summed E-state index contributed by atoms with van der Waals surface area (Å²) in [5.41, 5.74) is 3.73. The van der Waals surface area contributed by atoms with Crippen molar-refractivity contribution < 1.29 is 14.7 Å². The van der Waals surface area contributed by atoms with Crippen molar-refractivity contribution in [1.82, 2.24) is 24.4 Å². The third kappa shape index (κ3) is 6.62. The number of nitrogens with one attached hydrogen (secondary N) is 1. The number of hydrogen-bond donors (Lipinski definition) is 2. The first-order valence-electron chi connectivity index (χ1n) is 13.8. The molecule has 0 fully saturated rings. The number of benzene rings is 2. The van der Waals surface area contributed by atoms with Crippen LogP contribution in [0.15, 0.2) is 65.5 Å². The largest absolute Gasteiger partial charge is 0.465 e. The first kappa shape index (κ1) is 29.9. The van der Waals surface area contributed by atoms with Gasteiger partial charge in [-0.1, -0.05) is 79.9 Å². The van der Waals surface area contributed by atoms with Crippen molar-refractivity contribution in [2.24, 2.45) is 5.92 Å². The van der Waals surface area contributed by atoms with Gasteiger partial charge < -0.3 is 15.3 Å². The van der Waals surface area contributed by atoms with Crippen LogP contribution in [0.3, 0.4) is 0 Å². The van der Waals surface area contributed by atoms with Crippen LogP contribution >= 0.6 is 11.6 Å². The molecule has 2 N–H and O–H groups in total. The van der Waals surface area contributed by atoms with E-state index in [0.29, 0.717) is 33.9 Å². The van der Waals surface area contributed by atoms with Crippen LogP contribution in [0.2, 0.25) is 5.02 Å². The molecule has 2 amide bonds. The van der Waals surface area contributed by atoms with Gasteiger partial charge in [0.05, 0.1) is 28.8 Å². The number of carbonyl (C=O) groups is 2. The molecule has 0 aliphatic rings. The second-order valence-corrected chi connectivity index (χ2v) is 10.8. The lowest BCUT2D eigenvalue weighted by atomic mass is 9.92. The average Bonchev–Trinajstić information content (AvgIpc) is 3.25. The maximum Gasteiger partial charge on any atom is 0.404 e. The summed E-state index contributed by atoms with van der Waals surface area (Å²) >= 11 is 6.63. The van der Waals surface area contributed by atoms with Crippen molar-refractivity contribution in [3.63, 3.8) is 0 Å². The molecular formula is C31H36ClN5O4. The van der Waals surface area contributed by atoms with E-state index in [-0.39, 0.29) is 37.1 Å². The van der Waals surface area contributed by atoms with Crippen molar-refractivity contribution in [2.75, 3.05) is 13.1 Å². The van der Waals surface area contributed by atoms with Crippen LogP contribution in [-0.4, -0.2) is 49.3 Å². The zero-order valence-electron chi connectivity index (χ0n) is 23.8. The molecule has 10 heteroatoms. The molecule has 4 aromatic rings. The van der Waals surface area contributed by atoms with Crippen molar-refractivity contribution in [1.29, 1.82) is 0 Å². The quantitative estimate of drug-likeness (QED) is 0.222. The van der Waals surface area contributed by atoms with Gasteiger partial charge in [-0.2, -0.15) is 9.61 Å². The third-order valence-electron chi connectivity index (χ3n) is 7.41. The Kier molecular flexibility index (Phi) is 9.50. The van der Waals surface area contributed by atoms with Crippen LogP contribution in [0.4, 0.5) is 4.79 Å². The zero-order valence-corrected chi connectivity index (χ0v) is 24.6. The first-order valence-corrected chi connectivity index (χ1v) is 14.2. The van der Waals surface area contributed by atoms with E-state index < -0.39 is 12.1 Å². The van der Waals surface area contributed by atoms with Crippen LogP contribution in [0, 0.1) is 19.8 Å². The number of halogens is 1. The number of nitrogens with zero attached hydrogens (tertiary/aromatic N) is 4. The summed E-state index contributed by atoms with van der Waals surface area (Å²) in [5, 5.41) is 16.3. The number of carbonyl (C=O) groups excluding carboxylic acids is 1. The lowest BCUT2D eigenvalue weighted by Crippen LogP contribution is -2.43. The number of rotatable bonds is 11. The van der Waals surface area contributed by atoms with Gasteiger partial charge in [-0.25, -0.2) is 9.59 Å². The summed E-state index contributed by atoms with van der Waals surface area (Å²) in [6.45, 7) is 8.53. The molecule has 2 heterocycles. The van der Waals surface area contributed by atoms with E-state index in [4.69, 9.17) is 16.7 Å². The SMILES string of the molecule is CCC(C)C(c1cc2c(Cl)c(C)nn2c(=O)n1Cc1ccccc1)N(CCCNC(=O)O)C(=O)c1cccc(C)c1. The molecule has 0 saturated heterocycles. The highest BCUT2D eigenvalue weighted by molar-refractivity contribution is 6.34. The monoisotopic (exact) mass is 577 g/mol. The van der Waals surface area contributed by atoms with Crippen LogP contribution in [-0.2, 0) is 6.54 Å². The van der Waals surface area contributed by atoms with Crippen molar-refractivity contribution in [2.45, 2.75) is 53.1 Å². The summed E-state index contributed by atoms with van der Waals surface area (Å²) in [7, 11) is 0. The Labute approximate surface area is 244 Å². The fourth-order valence-electron chi connectivity index (χ4n) is 5.15. The molecule has 0 spiro atoms. The van der Waals surface area contributed by atoms with Crippen LogP contribution in [0.25, 0.3) is 5.52 Å². The molecule has 9 nitrogen and oxygen atoms in total. The van der Waals surface area contributed by atoms with E-state index in [9.17, 15) is 14.4 Å². The highest BCUT2D eigenvalue weighted by Gasteiger charge is 2.33. The first-order chi connectivity index (χ1) is 19.6. The molecular weight excluding hydrogens is 542 g/mol. The van der Waals surface area contributed by atoms with E-state index in [2.05, 4.69) is 17.3 Å². The Bertz CT molecular complexity index is 1600. The van der Waals surface area contributed by atoms with Crippen molar-refractivity contribution >= 4 is 29.1 Å². The number of fused-ring (bicyclic) bond motifs is 1. The molecule has 0 radical (unpaired) electrons. The minimum Gasteiger partial charge on any atom is -0.465 e. The molecule has 2 unspecified atom stereocenters. The van der Waals surface area contributed by atoms with Crippen LogP contribution in [0.5, 0.6) is 0 Å². The van der Waals surface area contributed by atoms with Crippen LogP contribution < -0.4 is 11.0 Å². The molecule has 2 atom stereocenters. The Morgan fingerprint density at radius 2 is 1.83 bits per heavy atom. The van der Waals surface area contributed by atoms with Crippen LogP contribution in [0.1, 0.15) is 65.6 Å². The maximum atomic E-state index is 14.2. The number of hydrogen-bond acceptors (Lipinski definition) is 4. The minimum absolute atomic E-state index is 0.0529. The van der Waals surface area contributed by atoms with Gasteiger partial charge in [-0.05, 0) is 49.9 Å². The topological polar surface area (TPSA) is 109 Å². The highest BCUT2D eigenvalue weighted by atomic mass is 35.5. The van der Waals surface area contributed by atoms with Gasteiger partial charge in [0.25, 0.3) is 5.91 Å². The van der Waals surface area contributed by atoms with Crippen molar-refractivity contribution in [3.05, 3.63) is 104 Å². The van der Waals surface area contributed by atoms with Gasteiger partial charge in [-0.3, -0.25) is 9.36 Å². The third-order valence-corrected chi connectivity index (χ3v) is 7.88. The van der Waals surface area contributed by atoms with E-state index in [1.54, 1.807) is 22.5 Å². The number of aromatic nitrogens is 3. The molecule has 4 rings (SSSR count). The van der Waals surface area contributed by atoms with E-state index in [1.807, 2.05) is 68.4 Å². The average molecular weight is 578 g/mol. The molecule has 0 aliphatic heterocycles. The molecule has 2 aromatic heterocycles. The maximum absolute atomic E-state index is 14.2. The summed E-state index contributed by atoms with van der Waals surface area (Å²) in [6, 6.07) is 18.4. The van der Waals surface area contributed by atoms with Gasteiger partial charge in [0.1, 0.15) is 0 Å². The molecule has 216 valence electrons. The predicted octanol–water partition coefficient (Wildman–Crippen LogP) is 5.70. The molecule has 0 bridgehead atoms. The number of amides is 2. The van der Waals surface area contributed by atoms with Gasteiger partial charge >= 0.3 is 11.8 Å². The fourth-order valence-corrected chi connectivity index (χ4v) is 5.32. The van der Waals surface area contributed by atoms with Gasteiger partial charge in [0.15, 0.2) is 0 Å². The zero-order chi connectivity index (χ0) is 29.7. The highest BCUT2D eigenvalue weighted by Crippen LogP contribution is 2.34. The lowest BCUT2D eigenvalue weighted by molar-refractivity contribution is 0.0593. The van der Waals surface area contributed by atoms with Gasteiger partial charge in [-0.15, -0.1) is 0 Å². The predicted molar refractivity (Wildman–Crippen MR) is 160 cm³/mol. The fraction of sp³-hybridized carbons (Fsp3) is 0.355. The molecule has 0 saturated carbocycles. The standard InChI is InChI=1S/C31H36ClN5O4/c1-5-21(3)28(35(16-10-15-33-30(39)40)29(38)24-14-9-11-20(2)17-24)26-18-25-27(32)22(4)34-37(25)31(41)36(26)19-23-12-7-6-8-13-23/h6-9,11-14,17-18,21,28,33H,5,10,15-16,19H2,1-4H3,(H,39,40). The Balaban J connectivity index is 1.93. The smallest absolute Gasteiger partial charge is 0.404 e. The second kappa shape index (κ2) is 13.0. The normalized spacial score (nSPS) is 12.7. The Morgan fingerprint density at radius 3 is 2.49 bits per heavy atom. The second-order valence-electron chi connectivity index (χ2n) is 10.4. The Hall–Kier alpha value is -4.11. The van der Waals surface area contributed by atoms with E-state index in [0.717, 1.165) is 17.5 Å². The summed E-state index contributed by atoms with van der Waals surface area (Å²) in [6.07, 6.45) is 0.00821. The van der Waals surface area contributed by atoms with E-state index in [1.165, 1.54) is 4.52 Å². The summed E-state index contributed by atoms with van der Waals surface area (Å²) in [5.74, 6) is -0.244. The molecule has 2 aromatic carbocycles. The van der Waals surface area contributed by atoms with Gasteiger partial charge in [0.2, 0.25) is 0 Å². The molecule has 0 aliphatic carbocycles. The molecule has 41 heavy (non-hydrogen) atoms. The summed E-state index contributed by atoms with van der Waals surface area (Å²) < 4.78 is 3.00. The Morgan fingerprint density at radius 1 is 1.10 bits per heavy atom. The van der Waals surface area contributed by atoms with E-state index >= 15 is 0 Å². The van der Waals surface area contributed by atoms with Crippen molar-refractivity contribution in [3.8, 4) is 0 Å².